The Labute approximate surface area is 125 Å². The van der Waals surface area contributed by atoms with Crippen molar-refractivity contribution in [1.82, 2.24) is 20.2 Å². The van der Waals surface area contributed by atoms with E-state index in [-0.39, 0.29) is 5.56 Å². The standard InChI is InChI=1S/C15H13N5O2/c1-2-5-22-12-4-3-9(6-10(12)7-16)13-17-8-11-14(18-13)19-20-15(11)21/h3-4,6,8H,2,5H2,1H3,(H2,17,18,19,20,21). The number of nitrogens with one attached hydrogen (secondary N) is 2. The highest BCUT2D eigenvalue weighted by Crippen LogP contribution is 2.24. The number of rotatable bonds is 4. The van der Waals surface area contributed by atoms with E-state index in [4.69, 9.17) is 4.74 Å². The van der Waals surface area contributed by atoms with E-state index in [1.54, 1.807) is 18.2 Å². The smallest absolute Gasteiger partial charge is 0.275 e. The average molecular weight is 295 g/mol. The van der Waals surface area contributed by atoms with Gasteiger partial charge in [-0.1, -0.05) is 6.92 Å². The molecule has 110 valence electrons. The van der Waals surface area contributed by atoms with E-state index < -0.39 is 0 Å². The second kappa shape index (κ2) is 5.69. The van der Waals surface area contributed by atoms with E-state index in [9.17, 15) is 10.1 Å². The van der Waals surface area contributed by atoms with Gasteiger partial charge in [-0.2, -0.15) is 5.26 Å². The van der Waals surface area contributed by atoms with Gasteiger partial charge in [-0.3, -0.25) is 15.0 Å². The van der Waals surface area contributed by atoms with Crippen LogP contribution in [0.1, 0.15) is 18.9 Å². The van der Waals surface area contributed by atoms with E-state index in [1.165, 1.54) is 6.20 Å². The Balaban J connectivity index is 2.03. The molecule has 2 heterocycles. The molecule has 2 N–H and O–H groups in total. The van der Waals surface area contributed by atoms with Gasteiger partial charge in [0.2, 0.25) is 0 Å². The Hall–Kier alpha value is -3.14. The van der Waals surface area contributed by atoms with E-state index in [0.717, 1.165) is 6.42 Å². The van der Waals surface area contributed by atoms with Gasteiger partial charge in [0.15, 0.2) is 11.5 Å². The molecule has 0 bridgehead atoms. The van der Waals surface area contributed by atoms with Gasteiger partial charge in [0.1, 0.15) is 17.2 Å². The summed E-state index contributed by atoms with van der Waals surface area (Å²) in [4.78, 5) is 19.9. The van der Waals surface area contributed by atoms with Crippen LogP contribution in [0.5, 0.6) is 5.75 Å². The number of nitrogens with zero attached hydrogens (tertiary/aromatic N) is 3. The number of fused-ring (bicyclic) bond motifs is 1. The topological polar surface area (TPSA) is 107 Å². The zero-order chi connectivity index (χ0) is 15.5. The summed E-state index contributed by atoms with van der Waals surface area (Å²) < 4.78 is 5.53. The summed E-state index contributed by atoms with van der Waals surface area (Å²) in [6.45, 7) is 2.56. The molecule has 0 fully saturated rings. The third-order valence-electron chi connectivity index (χ3n) is 3.15. The summed E-state index contributed by atoms with van der Waals surface area (Å²) in [5.41, 5.74) is 1.28. The molecular formula is C15H13N5O2. The highest BCUT2D eigenvalue weighted by Gasteiger charge is 2.10. The zero-order valence-electron chi connectivity index (χ0n) is 11.9. The van der Waals surface area contributed by atoms with Crippen LogP contribution < -0.4 is 10.3 Å². The highest BCUT2D eigenvalue weighted by molar-refractivity contribution is 5.75. The lowest BCUT2D eigenvalue weighted by Gasteiger charge is -2.08. The normalized spacial score (nSPS) is 10.5. The minimum absolute atomic E-state index is 0.262. The van der Waals surface area contributed by atoms with Crippen molar-refractivity contribution in [3.8, 4) is 23.2 Å². The molecule has 0 radical (unpaired) electrons. The van der Waals surface area contributed by atoms with Crippen molar-refractivity contribution in [2.45, 2.75) is 13.3 Å². The fourth-order valence-electron chi connectivity index (χ4n) is 2.06. The minimum atomic E-state index is -0.262. The molecule has 22 heavy (non-hydrogen) atoms. The number of aromatic amines is 2. The summed E-state index contributed by atoms with van der Waals surface area (Å²) in [5, 5.41) is 14.8. The minimum Gasteiger partial charge on any atom is -0.492 e. The molecule has 0 unspecified atom stereocenters. The Morgan fingerprint density at radius 2 is 2.23 bits per heavy atom. The number of aromatic nitrogens is 4. The second-order valence-corrected chi connectivity index (χ2v) is 4.71. The van der Waals surface area contributed by atoms with Crippen LogP contribution in [-0.2, 0) is 0 Å². The fraction of sp³-hybridized carbons (Fsp3) is 0.200. The van der Waals surface area contributed by atoms with Crippen LogP contribution in [-0.4, -0.2) is 26.8 Å². The van der Waals surface area contributed by atoms with Crippen LogP contribution in [0, 0.1) is 11.3 Å². The van der Waals surface area contributed by atoms with Crippen LogP contribution in [0.15, 0.2) is 29.2 Å². The molecule has 3 aromatic rings. The molecule has 0 aliphatic carbocycles. The summed E-state index contributed by atoms with van der Waals surface area (Å²) in [7, 11) is 0. The first-order valence-corrected chi connectivity index (χ1v) is 6.83. The monoisotopic (exact) mass is 295 g/mol. The van der Waals surface area contributed by atoms with Gasteiger partial charge in [0.05, 0.1) is 12.2 Å². The SMILES string of the molecule is CCCOc1ccc(-c2ncc3c(=O)[nH][nH]c3n2)cc1C#N. The lowest BCUT2D eigenvalue weighted by atomic mass is 10.1. The van der Waals surface area contributed by atoms with Gasteiger partial charge in [0.25, 0.3) is 5.56 Å². The van der Waals surface area contributed by atoms with Crippen LogP contribution in [0.3, 0.4) is 0 Å². The summed E-state index contributed by atoms with van der Waals surface area (Å²) in [5.74, 6) is 0.977. The maximum absolute atomic E-state index is 11.4. The van der Waals surface area contributed by atoms with Crippen LogP contribution in [0.25, 0.3) is 22.4 Å². The number of H-pyrrole nitrogens is 2. The molecule has 0 amide bonds. The van der Waals surface area contributed by atoms with E-state index in [2.05, 4.69) is 26.2 Å². The number of ether oxygens (including phenoxy) is 1. The van der Waals surface area contributed by atoms with E-state index >= 15 is 0 Å². The van der Waals surface area contributed by atoms with Crippen LogP contribution >= 0.6 is 0 Å². The van der Waals surface area contributed by atoms with Crippen molar-refractivity contribution >= 4 is 11.0 Å². The van der Waals surface area contributed by atoms with Crippen molar-refractivity contribution < 1.29 is 4.74 Å². The Morgan fingerprint density at radius 1 is 1.36 bits per heavy atom. The number of hydrogen-bond donors (Lipinski definition) is 2. The van der Waals surface area contributed by atoms with Crippen molar-refractivity contribution in [3.63, 3.8) is 0 Å². The summed E-state index contributed by atoms with van der Waals surface area (Å²) >= 11 is 0. The van der Waals surface area contributed by atoms with Crippen molar-refractivity contribution in [3.05, 3.63) is 40.3 Å². The zero-order valence-corrected chi connectivity index (χ0v) is 11.9. The maximum Gasteiger partial charge on any atom is 0.275 e. The molecule has 0 saturated carbocycles. The first-order chi connectivity index (χ1) is 10.7. The van der Waals surface area contributed by atoms with Crippen molar-refractivity contribution in [2.75, 3.05) is 6.61 Å². The molecule has 1 aromatic carbocycles. The quantitative estimate of drug-likeness (QED) is 0.765. The third kappa shape index (κ3) is 2.42. The van der Waals surface area contributed by atoms with Gasteiger partial charge in [-0.25, -0.2) is 9.97 Å². The largest absolute Gasteiger partial charge is 0.492 e. The molecule has 7 heteroatoms. The van der Waals surface area contributed by atoms with E-state index in [0.29, 0.717) is 40.3 Å². The van der Waals surface area contributed by atoms with Gasteiger partial charge in [0, 0.05) is 11.8 Å². The number of benzene rings is 1. The molecule has 7 nitrogen and oxygen atoms in total. The van der Waals surface area contributed by atoms with Gasteiger partial charge >= 0.3 is 0 Å². The molecule has 0 aliphatic rings. The molecule has 0 atom stereocenters. The molecule has 2 aromatic heterocycles. The molecule has 0 saturated heterocycles. The lowest BCUT2D eigenvalue weighted by molar-refractivity contribution is 0.316. The first kappa shape index (κ1) is 13.8. The third-order valence-corrected chi connectivity index (χ3v) is 3.15. The summed E-state index contributed by atoms with van der Waals surface area (Å²) in [6, 6.07) is 7.31. The number of hydrogen-bond acceptors (Lipinski definition) is 5. The average Bonchev–Trinajstić information content (AvgIpc) is 2.93. The van der Waals surface area contributed by atoms with Gasteiger partial charge in [-0.15, -0.1) is 0 Å². The Bertz CT molecular complexity index is 920. The van der Waals surface area contributed by atoms with Crippen molar-refractivity contribution in [2.24, 2.45) is 0 Å². The molecule has 0 aliphatic heterocycles. The van der Waals surface area contributed by atoms with Crippen molar-refractivity contribution in [1.29, 1.82) is 5.26 Å². The lowest BCUT2D eigenvalue weighted by Crippen LogP contribution is -1.99. The second-order valence-electron chi connectivity index (χ2n) is 4.71. The maximum atomic E-state index is 11.4. The van der Waals surface area contributed by atoms with E-state index in [1.807, 2.05) is 6.92 Å². The summed E-state index contributed by atoms with van der Waals surface area (Å²) in [6.07, 6.45) is 2.33. The Morgan fingerprint density at radius 3 is 3.00 bits per heavy atom. The number of nitriles is 1. The first-order valence-electron chi connectivity index (χ1n) is 6.83. The molecule has 0 spiro atoms. The Kier molecular flexibility index (Phi) is 3.58. The molecule has 3 rings (SSSR count). The fourth-order valence-corrected chi connectivity index (χ4v) is 2.06. The van der Waals surface area contributed by atoms with Gasteiger partial charge in [-0.05, 0) is 24.6 Å². The highest BCUT2D eigenvalue weighted by atomic mass is 16.5. The van der Waals surface area contributed by atoms with Gasteiger partial charge < -0.3 is 4.74 Å². The predicted molar refractivity (Wildman–Crippen MR) is 80.4 cm³/mol. The van der Waals surface area contributed by atoms with Crippen LogP contribution in [0.2, 0.25) is 0 Å². The predicted octanol–water partition coefficient (Wildman–Crippen LogP) is 1.97. The van der Waals surface area contributed by atoms with Crippen LogP contribution in [0.4, 0.5) is 0 Å². The molecular weight excluding hydrogens is 282 g/mol.